The van der Waals surface area contributed by atoms with E-state index in [0.717, 1.165) is 16.9 Å². The summed E-state index contributed by atoms with van der Waals surface area (Å²) in [6.45, 7) is 1.68. The number of rotatable bonds is 6. The molecule has 0 bridgehead atoms. The standard InChI is InChI=1S/C13H14N2O4S2/c1-9-14-8-12(20-9)21(18,19)15-11(13(16)17)7-10-5-3-2-4-6-10/h2-6,8,11,15H,7H2,1H3,(H,16,17). The van der Waals surface area contributed by atoms with E-state index >= 15 is 0 Å². The number of aliphatic carboxylic acids is 1. The largest absolute Gasteiger partial charge is 0.480 e. The molecule has 0 aliphatic rings. The van der Waals surface area contributed by atoms with Crippen LogP contribution in [0, 0.1) is 6.92 Å². The molecule has 2 rings (SSSR count). The van der Waals surface area contributed by atoms with Crippen molar-refractivity contribution in [3.05, 3.63) is 47.1 Å². The summed E-state index contributed by atoms with van der Waals surface area (Å²) in [7, 11) is -3.88. The van der Waals surface area contributed by atoms with E-state index in [2.05, 4.69) is 9.71 Å². The molecule has 0 saturated carbocycles. The van der Waals surface area contributed by atoms with Crippen molar-refractivity contribution in [2.45, 2.75) is 23.6 Å². The molecular formula is C13H14N2O4S2. The molecule has 1 aromatic carbocycles. The summed E-state index contributed by atoms with van der Waals surface area (Å²) in [5, 5.41) is 9.81. The first-order valence-corrected chi connectivity index (χ1v) is 8.40. The quantitative estimate of drug-likeness (QED) is 0.837. The Labute approximate surface area is 126 Å². The maximum atomic E-state index is 12.1. The van der Waals surface area contributed by atoms with Gasteiger partial charge in [-0.25, -0.2) is 13.4 Å². The number of hydrogen-bond donors (Lipinski definition) is 2. The molecule has 1 aromatic heterocycles. The van der Waals surface area contributed by atoms with Gasteiger partial charge in [-0.3, -0.25) is 4.79 Å². The van der Waals surface area contributed by atoms with Gasteiger partial charge in [0.1, 0.15) is 6.04 Å². The molecule has 1 unspecified atom stereocenters. The fourth-order valence-electron chi connectivity index (χ4n) is 1.74. The van der Waals surface area contributed by atoms with Gasteiger partial charge < -0.3 is 5.11 Å². The van der Waals surface area contributed by atoms with Gasteiger partial charge in [0.2, 0.25) is 0 Å². The summed E-state index contributed by atoms with van der Waals surface area (Å²) in [5.74, 6) is -1.22. The number of carboxylic acids is 1. The lowest BCUT2D eigenvalue weighted by atomic mass is 10.1. The van der Waals surface area contributed by atoms with Gasteiger partial charge in [-0.2, -0.15) is 4.72 Å². The topological polar surface area (TPSA) is 96.4 Å². The lowest BCUT2D eigenvalue weighted by Gasteiger charge is -2.13. The minimum atomic E-state index is -3.88. The highest BCUT2D eigenvalue weighted by molar-refractivity contribution is 7.91. The third-order valence-electron chi connectivity index (χ3n) is 2.74. The molecule has 8 heteroatoms. The van der Waals surface area contributed by atoms with Crippen molar-refractivity contribution in [1.82, 2.24) is 9.71 Å². The van der Waals surface area contributed by atoms with Gasteiger partial charge in [0.25, 0.3) is 10.0 Å². The highest BCUT2D eigenvalue weighted by Gasteiger charge is 2.26. The Morgan fingerprint density at radius 1 is 1.38 bits per heavy atom. The molecule has 0 aliphatic heterocycles. The second-order valence-electron chi connectivity index (χ2n) is 4.40. The summed E-state index contributed by atoms with van der Waals surface area (Å²) < 4.78 is 26.5. The van der Waals surface area contributed by atoms with E-state index in [-0.39, 0.29) is 10.6 Å². The van der Waals surface area contributed by atoms with E-state index in [0.29, 0.717) is 5.01 Å². The van der Waals surface area contributed by atoms with E-state index < -0.39 is 22.0 Å². The predicted octanol–water partition coefficient (Wildman–Crippen LogP) is 1.43. The number of aryl methyl sites for hydroxylation is 1. The van der Waals surface area contributed by atoms with E-state index in [1.54, 1.807) is 31.2 Å². The second kappa shape index (κ2) is 6.33. The van der Waals surface area contributed by atoms with Crippen molar-refractivity contribution in [1.29, 1.82) is 0 Å². The van der Waals surface area contributed by atoms with Crippen molar-refractivity contribution >= 4 is 27.3 Å². The second-order valence-corrected chi connectivity index (χ2v) is 7.58. The summed E-state index contributed by atoms with van der Waals surface area (Å²) in [6, 6.07) is 7.64. The number of aromatic nitrogens is 1. The molecule has 21 heavy (non-hydrogen) atoms. The van der Waals surface area contributed by atoms with Crippen LogP contribution >= 0.6 is 11.3 Å². The molecule has 6 nitrogen and oxygen atoms in total. The molecule has 1 atom stereocenters. The zero-order valence-electron chi connectivity index (χ0n) is 11.2. The van der Waals surface area contributed by atoms with E-state index in [9.17, 15) is 18.3 Å². The molecule has 1 heterocycles. The van der Waals surface area contributed by atoms with Gasteiger partial charge in [-0.05, 0) is 18.9 Å². The Hall–Kier alpha value is -1.77. The van der Waals surface area contributed by atoms with Gasteiger partial charge in [-0.15, -0.1) is 11.3 Å². The number of nitrogens with zero attached hydrogens (tertiary/aromatic N) is 1. The lowest BCUT2D eigenvalue weighted by molar-refractivity contribution is -0.138. The predicted molar refractivity (Wildman–Crippen MR) is 78.7 cm³/mol. The van der Waals surface area contributed by atoms with Crippen LogP contribution in [0.1, 0.15) is 10.6 Å². The fraction of sp³-hybridized carbons (Fsp3) is 0.231. The van der Waals surface area contributed by atoms with Crippen molar-refractivity contribution in [2.75, 3.05) is 0 Å². The van der Waals surface area contributed by atoms with Crippen LogP contribution in [0.3, 0.4) is 0 Å². The van der Waals surface area contributed by atoms with E-state index in [4.69, 9.17) is 0 Å². The van der Waals surface area contributed by atoms with Crippen molar-refractivity contribution in [3.63, 3.8) is 0 Å². The van der Waals surface area contributed by atoms with Gasteiger partial charge in [0.05, 0.1) is 11.2 Å². The molecule has 0 fully saturated rings. The Kier molecular flexibility index (Phi) is 4.71. The average molecular weight is 326 g/mol. The van der Waals surface area contributed by atoms with Gasteiger partial charge >= 0.3 is 5.97 Å². The first kappa shape index (κ1) is 15.6. The zero-order valence-corrected chi connectivity index (χ0v) is 12.8. The van der Waals surface area contributed by atoms with Crippen LogP contribution in [0.25, 0.3) is 0 Å². The normalized spacial score (nSPS) is 13.0. The highest BCUT2D eigenvalue weighted by atomic mass is 32.2. The molecule has 112 valence electrons. The molecular weight excluding hydrogens is 312 g/mol. The Bertz CT molecular complexity index is 726. The minimum Gasteiger partial charge on any atom is -0.480 e. The number of nitrogens with one attached hydrogen (secondary N) is 1. The number of benzene rings is 1. The fourth-order valence-corrected chi connectivity index (χ4v) is 4.05. The van der Waals surface area contributed by atoms with Crippen LogP contribution in [-0.4, -0.2) is 30.5 Å². The SMILES string of the molecule is Cc1ncc(S(=O)(=O)NC(Cc2ccccc2)C(=O)O)s1. The number of carboxylic acid groups (broad SMARTS) is 1. The summed E-state index contributed by atoms with van der Waals surface area (Å²) in [6.07, 6.45) is 1.30. The first-order valence-electron chi connectivity index (χ1n) is 6.10. The van der Waals surface area contributed by atoms with Crippen LogP contribution in [0.5, 0.6) is 0 Å². The summed E-state index contributed by atoms with van der Waals surface area (Å²) in [4.78, 5) is 15.1. The van der Waals surface area contributed by atoms with E-state index in [1.165, 1.54) is 6.20 Å². The van der Waals surface area contributed by atoms with Crippen LogP contribution < -0.4 is 4.72 Å². The zero-order chi connectivity index (χ0) is 15.5. The minimum absolute atomic E-state index is 0.0133. The Balaban J connectivity index is 2.18. The van der Waals surface area contributed by atoms with Crippen LogP contribution in [0.4, 0.5) is 0 Å². The van der Waals surface area contributed by atoms with Gasteiger partial charge in [0, 0.05) is 0 Å². The summed E-state index contributed by atoms with van der Waals surface area (Å²) in [5.41, 5.74) is 0.744. The summed E-state index contributed by atoms with van der Waals surface area (Å²) >= 11 is 1.00. The highest BCUT2D eigenvalue weighted by Crippen LogP contribution is 2.18. The third-order valence-corrected chi connectivity index (χ3v) is 5.59. The molecule has 2 aromatic rings. The molecule has 0 saturated heterocycles. The van der Waals surface area contributed by atoms with Gasteiger partial charge in [-0.1, -0.05) is 30.3 Å². The average Bonchev–Trinajstić information content (AvgIpc) is 2.86. The van der Waals surface area contributed by atoms with Gasteiger partial charge in [0.15, 0.2) is 4.21 Å². The van der Waals surface area contributed by atoms with Crippen LogP contribution in [0.2, 0.25) is 0 Å². The smallest absolute Gasteiger partial charge is 0.322 e. The lowest BCUT2D eigenvalue weighted by Crippen LogP contribution is -2.42. The monoisotopic (exact) mass is 326 g/mol. The molecule has 0 amide bonds. The van der Waals surface area contributed by atoms with Crippen molar-refractivity contribution in [2.24, 2.45) is 0 Å². The van der Waals surface area contributed by atoms with Crippen molar-refractivity contribution in [3.8, 4) is 0 Å². The van der Waals surface area contributed by atoms with Crippen molar-refractivity contribution < 1.29 is 18.3 Å². The Morgan fingerprint density at radius 3 is 2.57 bits per heavy atom. The molecule has 2 N–H and O–H groups in total. The molecule has 0 spiro atoms. The first-order chi connectivity index (χ1) is 9.88. The third kappa shape index (κ3) is 4.10. The number of carbonyl (C=O) groups is 1. The Morgan fingerprint density at radius 2 is 2.05 bits per heavy atom. The molecule has 0 radical (unpaired) electrons. The van der Waals surface area contributed by atoms with Crippen LogP contribution in [-0.2, 0) is 21.2 Å². The maximum Gasteiger partial charge on any atom is 0.322 e. The number of sulfonamides is 1. The number of thiazole rings is 1. The number of hydrogen-bond acceptors (Lipinski definition) is 5. The van der Waals surface area contributed by atoms with E-state index in [1.807, 2.05) is 6.07 Å². The molecule has 0 aliphatic carbocycles. The van der Waals surface area contributed by atoms with Crippen LogP contribution in [0.15, 0.2) is 40.7 Å². The maximum absolute atomic E-state index is 12.1.